The van der Waals surface area contributed by atoms with Crippen molar-refractivity contribution in [2.45, 2.75) is 32.7 Å². The Labute approximate surface area is 122 Å². The first kappa shape index (κ1) is 16.9. The lowest BCUT2D eigenvalue weighted by Gasteiger charge is -2.26. The highest BCUT2D eigenvalue weighted by Crippen LogP contribution is 2.12. The maximum Gasteiger partial charge on any atom is 0.227 e. The number of hydrogen-bond acceptors (Lipinski definition) is 3. The predicted molar refractivity (Wildman–Crippen MR) is 74.9 cm³/mol. The van der Waals surface area contributed by atoms with Crippen molar-refractivity contribution in [1.29, 1.82) is 0 Å². The molecule has 1 aromatic rings. The van der Waals surface area contributed by atoms with Gasteiger partial charge in [-0.1, -0.05) is 11.2 Å². The van der Waals surface area contributed by atoms with Crippen molar-refractivity contribution < 1.29 is 18.8 Å². The minimum Gasteiger partial charge on any atom is -0.409 e. The van der Waals surface area contributed by atoms with E-state index in [4.69, 9.17) is 10.9 Å². The van der Waals surface area contributed by atoms with Crippen LogP contribution in [-0.2, 0) is 11.2 Å². The van der Waals surface area contributed by atoms with Gasteiger partial charge in [0.05, 0.1) is 6.42 Å². The molecular weight excluding hydrogens is 280 g/mol. The van der Waals surface area contributed by atoms with Crippen molar-refractivity contribution in [3.8, 4) is 0 Å². The van der Waals surface area contributed by atoms with Gasteiger partial charge in [0, 0.05) is 25.1 Å². The molecule has 3 N–H and O–H groups in total. The standard InChI is InChI=1S/C14H19F2N3O2/c1-9(2)19(6-5-13(17)18-21)14(20)7-10-3-4-11(15)8-12(10)16/h3-4,8-9,21H,5-7H2,1-2H3,(H2,17,18). The summed E-state index contributed by atoms with van der Waals surface area (Å²) in [6, 6.07) is 3.00. The molecule has 0 atom stereocenters. The van der Waals surface area contributed by atoms with E-state index in [1.54, 1.807) is 0 Å². The molecule has 0 aliphatic carbocycles. The molecule has 0 heterocycles. The molecule has 0 fully saturated rings. The molecule has 1 rings (SSSR count). The third-order valence-electron chi connectivity index (χ3n) is 3.04. The van der Waals surface area contributed by atoms with Crippen molar-refractivity contribution in [3.63, 3.8) is 0 Å². The molecule has 5 nitrogen and oxygen atoms in total. The monoisotopic (exact) mass is 299 g/mol. The van der Waals surface area contributed by atoms with Crippen molar-refractivity contribution in [2.75, 3.05) is 6.54 Å². The summed E-state index contributed by atoms with van der Waals surface area (Å²) in [4.78, 5) is 13.7. The molecular formula is C14H19F2N3O2. The normalized spacial score (nSPS) is 11.8. The lowest BCUT2D eigenvalue weighted by atomic mass is 10.1. The number of rotatable bonds is 6. The first-order valence-electron chi connectivity index (χ1n) is 6.55. The number of hydrogen-bond donors (Lipinski definition) is 2. The second-order valence-corrected chi connectivity index (χ2v) is 4.93. The fourth-order valence-corrected chi connectivity index (χ4v) is 1.89. The number of halogens is 2. The van der Waals surface area contributed by atoms with Crippen LogP contribution in [0.4, 0.5) is 8.78 Å². The third kappa shape index (κ3) is 5.02. The molecule has 116 valence electrons. The molecule has 0 spiro atoms. The summed E-state index contributed by atoms with van der Waals surface area (Å²) in [7, 11) is 0. The minimum absolute atomic E-state index is 0.0152. The van der Waals surface area contributed by atoms with Crippen LogP contribution in [0.25, 0.3) is 0 Å². The Kier molecular flexibility index (Phi) is 6.08. The van der Waals surface area contributed by atoms with E-state index >= 15 is 0 Å². The van der Waals surface area contributed by atoms with Crippen LogP contribution in [-0.4, -0.2) is 34.4 Å². The second kappa shape index (κ2) is 7.56. The number of amides is 1. The highest BCUT2D eigenvalue weighted by Gasteiger charge is 2.19. The van der Waals surface area contributed by atoms with Gasteiger partial charge in [-0.3, -0.25) is 4.79 Å². The largest absolute Gasteiger partial charge is 0.409 e. The minimum atomic E-state index is -0.747. The van der Waals surface area contributed by atoms with Gasteiger partial charge < -0.3 is 15.8 Å². The number of nitrogens with two attached hydrogens (primary N) is 1. The maximum absolute atomic E-state index is 13.6. The number of nitrogens with zero attached hydrogens (tertiary/aromatic N) is 2. The zero-order chi connectivity index (χ0) is 16.0. The SMILES string of the molecule is CC(C)N(CC/C(N)=N/O)C(=O)Cc1ccc(F)cc1F. The number of carbonyl (C=O) groups excluding carboxylic acids is 1. The van der Waals surface area contributed by atoms with Gasteiger partial charge in [-0.05, 0) is 25.5 Å². The maximum atomic E-state index is 13.6. The topological polar surface area (TPSA) is 78.9 Å². The van der Waals surface area contributed by atoms with Gasteiger partial charge in [0.2, 0.25) is 5.91 Å². The number of amidine groups is 1. The fraction of sp³-hybridized carbons (Fsp3) is 0.429. The van der Waals surface area contributed by atoms with Crippen LogP contribution in [0.15, 0.2) is 23.4 Å². The molecule has 7 heteroatoms. The van der Waals surface area contributed by atoms with E-state index in [-0.39, 0.29) is 42.7 Å². The Balaban J connectivity index is 2.77. The highest BCUT2D eigenvalue weighted by molar-refractivity contribution is 5.82. The molecule has 0 saturated heterocycles. The Morgan fingerprint density at radius 1 is 1.43 bits per heavy atom. The summed E-state index contributed by atoms with van der Waals surface area (Å²) < 4.78 is 26.4. The van der Waals surface area contributed by atoms with Gasteiger partial charge in [0.15, 0.2) is 0 Å². The van der Waals surface area contributed by atoms with Crippen molar-refractivity contribution in [3.05, 3.63) is 35.4 Å². The van der Waals surface area contributed by atoms with Crippen LogP contribution in [0.2, 0.25) is 0 Å². The first-order valence-corrected chi connectivity index (χ1v) is 6.55. The number of benzene rings is 1. The molecule has 1 amide bonds. The molecule has 0 unspecified atom stereocenters. The summed E-state index contributed by atoms with van der Waals surface area (Å²) in [5.74, 6) is -1.72. The van der Waals surface area contributed by atoms with Crippen LogP contribution in [0.3, 0.4) is 0 Å². The quantitative estimate of drug-likeness (QED) is 0.364. The Hall–Kier alpha value is -2.18. The van der Waals surface area contributed by atoms with Gasteiger partial charge in [0.1, 0.15) is 17.5 Å². The van der Waals surface area contributed by atoms with E-state index in [9.17, 15) is 13.6 Å². The molecule has 1 aromatic carbocycles. The number of oxime groups is 1. The van der Waals surface area contributed by atoms with E-state index in [0.29, 0.717) is 0 Å². The Morgan fingerprint density at radius 3 is 2.62 bits per heavy atom. The van der Waals surface area contributed by atoms with Crippen LogP contribution < -0.4 is 5.73 Å². The van der Waals surface area contributed by atoms with Crippen molar-refractivity contribution >= 4 is 11.7 Å². The first-order chi connectivity index (χ1) is 9.85. The summed E-state index contributed by atoms with van der Waals surface area (Å²) >= 11 is 0. The van der Waals surface area contributed by atoms with Gasteiger partial charge in [-0.25, -0.2) is 8.78 Å². The van der Waals surface area contributed by atoms with Gasteiger partial charge >= 0.3 is 0 Å². The van der Waals surface area contributed by atoms with Gasteiger partial charge in [0.25, 0.3) is 0 Å². The molecule has 0 radical (unpaired) electrons. The Bertz CT molecular complexity index is 533. The fourth-order valence-electron chi connectivity index (χ4n) is 1.89. The van der Waals surface area contributed by atoms with E-state index in [0.717, 1.165) is 12.1 Å². The van der Waals surface area contributed by atoms with Crippen LogP contribution in [0.1, 0.15) is 25.8 Å². The highest BCUT2D eigenvalue weighted by atomic mass is 19.1. The van der Waals surface area contributed by atoms with E-state index in [2.05, 4.69) is 5.16 Å². The van der Waals surface area contributed by atoms with E-state index < -0.39 is 11.6 Å². The van der Waals surface area contributed by atoms with E-state index in [1.807, 2.05) is 13.8 Å². The average molecular weight is 299 g/mol. The Morgan fingerprint density at radius 2 is 2.10 bits per heavy atom. The third-order valence-corrected chi connectivity index (χ3v) is 3.04. The molecule has 0 saturated carbocycles. The zero-order valence-electron chi connectivity index (χ0n) is 12.0. The average Bonchev–Trinajstić information content (AvgIpc) is 2.41. The lowest BCUT2D eigenvalue weighted by Crippen LogP contribution is -2.40. The molecule has 0 aromatic heterocycles. The van der Waals surface area contributed by atoms with Crippen molar-refractivity contribution in [2.24, 2.45) is 10.9 Å². The van der Waals surface area contributed by atoms with Gasteiger partial charge in [-0.2, -0.15) is 0 Å². The lowest BCUT2D eigenvalue weighted by molar-refractivity contribution is -0.132. The predicted octanol–water partition coefficient (Wildman–Crippen LogP) is 1.88. The number of carbonyl (C=O) groups is 1. The van der Waals surface area contributed by atoms with Crippen LogP contribution in [0, 0.1) is 11.6 Å². The summed E-state index contributed by atoms with van der Waals surface area (Å²) in [5, 5.41) is 11.3. The van der Waals surface area contributed by atoms with Crippen LogP contribution >= 0.6 is 0 Å². The smallest absolute Gasteiger partial charge is 0.227 e. The summed E-state index contributed by atoms with van der Waals surface area (Å²) in [6.07, 6.45) is 0.0484. The molecule has 0 bridgehead atoms. The van der Waals surface area contributed by atoms with Crippen LogP contribution in [0.5, 0.6) is 0 Å². The van der Waals surface area contributed by atoms with E-state index in [1.165, 1.54) is 11.0 Å². The summed E-state index contributed by atoms with van der Waals surface area (Å²) in [5.41, 5.74) is 5.51. The zero-order valence-corrected chi connectivity index (χ0v) is 12.0. The molecule has 0 aliphatic rings. The van der Waals surface area contributed by atoms with Gasteiger partial charge in [-0.15, -0.1) is 0 Å². The molecule has 0 aliphatic heterocycles. The molecule has 21 heavy (non-hydrogen) atoms. The second-order valence-electron chi connectivity index (χ2n) is 4.93. The van der Waals surface area contributed by atoms with Crippen molar-refractivity contribution in [1.82, 2.24) is 4.90 Å². The summed E-state index contributed by atoms with van der Waals surface area (Å²) in [6.45, 7) is 3.88.